The molecule has 2 atom stereocenters. The molecule has 0 radical (unpaired) electrons. The molecular weight excluding hydrogens is 390 g/mol. The fraction of sp³-hybridized carbons (Fsp3) is 0.524. The summed E-state index contributed by atoms with van der Waals surface area (Å²) in [5.41, 5.74) is 0.695. The number of hydrogen-bond donors (Lipinski definition) is 2. The summed E-state index contributed by atoms with van der Waals surface area (Å²) in [5, 5.41) is 10.9. The molecule has 0 spiro atoms. The van der Waals surface area contributed by atoms with Gasteiger partial charge in [0, 0.05) is 24.4 Å². The van der Waals surface area contributed by atoms with E-state index in [2.05, 4.69) is 20.7 Å². The molecule has 1 heterocycles. The van der Waals surface area contributed by atoms with Gasteiger partial charge in [0.15, 0.2) is 0 Å². The first-order chi connectivity index (χ1) is 13.9. The summed E-state index contributed by atoms with van der Waals surface area (Å²) >= 11 is 6.29. The van der Waals surface area contributed by atoms with Crippen molar-refractivity contribution < 1.29 is 9.59 Å². The number of halogens is 1. The Bertz CT molecular complexity index is 880. The van der Waals surface area contributed by atoms with Crippen LogP contribution in [0.3, 0.4) is 0 Å². The normalized spacial score (nSPS) is 19.2. The predicted molar refractivity (Wildman–Crippen MR) is 112 cm³/mol. The number of nitrogens with zero attached hydrogens (tertiary/aromatic N) is 3. The minimum absolute atomic E-state index is 0.0588. The number of aromatic nitrogens is 3. The lowest BCUT2D eigenvalue weighted by molar-refractivity contribution is -0.126. The Kier molecular flexibility index (Phi) is 6.90. The number of aryl methyl sites for hydroxylation is 1. The highest BCUT2D eigenvalue weighted by atomic mass is 35.5. The Morgan fingerprint density at radius 3 is 2.72 bits per heavy atom. The zero-order valence-electron chi connectivity index (χ0n) is 17.1. The highest BCUT2D eigenvalue weighted by Crippen LogP contribution is 2.25. The van der Waals surface area contributed by atoms with E-state index in [4.69, 9.17) is 11.6 Å². The highest BCUT2D eigenvalue weighted by Gasteiger charge is 2.29. The largest absolute Gasteiger partial charge is 0.354 e. The number of carbonyl (C=O) groups is 2. The third-order valence-corrected chi connectivity index (χ3v) is 5.40. The number of para-hydroxylation sites is 1. The third kappa shape index (κ3) is 5.15. The van der Waals surface area contributed by atoms with Crippen LogP contribution in [-0.2, 0) is 11.2 Å². The molecule has 7 nitrogen and oxygen atoms in total. The topological polar surface area (TPSA) is 88.9 Å². The Balaban J connectivity index is 1.71. The third-order valence-electron chi connectivity index (χ3n) is 5.09. The molecule has 3 rings (SSSR count). The van der Waals surface area contributed by atoms with E-state index in [1.807, 2.05) is 39.0 Å². The summed E-state index contributed by atoms with van der Waals surface area (Å²) in [6, 6.07) is 7.39. The Morgan fingerprint density at radius 1 is 1.28 bits per heavy atom. The van der Waals surface area contributed by atoms with Crippen molar-refractivity contribution in [3.63, 3.8) is 0 Å². The van der Waals surface area contributed by atoms with Crippen LogP contribution in [-0.4, -0.2) is 38.7 Å². The van der Waals surface area contributed by atoms with Crippen LogP contribution in [0.25, 0.3) is 5.69 Å². The molecule has 0 bridgehead atoms. The molecule has 1 aromatic carbocycles. The molecule has 1 aromatic heterocycles. The monoisotopic (exact) mass is 417 g/mol. The molecule has 2 aromatic rings. The number of hydrogen-bond acceptors (Lipinski definition) is 4. The van der Waals surface area contributed by atoms with Crippen molar-refractivity contribution in [3.05, 3.63) is 40.9 Å². The molecule has 156 valence electrons. The highest BCUT2D eigenvalue weighted by molar-refractivity contribution is 6.32. The van der Waals surface area contributed by atoms with Crippen LogP contribution in [0.1, 0.15) is 62.9 Å². The Morgan fingerprint density at radius 2 is 2.03 bits per heavy atom. The molecule has 1 aliphatic rings. The molecule has 1 aliphatic carbocycles. The fourth-order valence-electron chi connectivity index (χ4n) is 3.70. The molecule has 2 N–H and O–H groups in total. The van der Waals surface area contributed by atoms with Crippen molar-refractivity contribution in [2.24, 2.45) is 5.92 Å². The molecule has 1 saturated carbocycles. The van der Waals surface area contributed by atoms with Crippen molar-refractivity contribution in [2.45, 2.75) is 65.0 Å². The van der Waals surface area contributed by atoms with Crippen LogP contribution < -0.4 is 10.6 Å². The maximum absolute atomic E-state index is 12.8. The number of rotatable bonds is 6. The van der Waals surface area contributed by atoms with E-state index in [-0.39, 0.29) is 35.6 Å². The van der Waals surface area contributed by atoms with Gasteiger partial charge in [-0.05, 0) is 45.2 Å². The summed E-state index contributed by atoms with van der Waals surface area (Å²) in [7, 11) is 0. The lowest BCUT2D eigenvalue weighted by Gasteiger charge is -2.29. The van der Waals surface area contributed by atoms with E-state index >= 15 is 0 Å². The van der Waals surface area contributed by atoms with Crippen molar-refractivity contribution in [2.75, 3.05) is 0 Å². The second-order valence-electron chi connectivity index (χ2n) is 7.77. The average molecular weight is 418 g/mol. The van der Waals surface area contributed by atoms with Gasteiger partial charge in [-0.3, -0.25) is 9.59 Å². The summed E-state index contributed by atoms with van der Waals surface area (Å²) in [6.45, 7) is 5.86. The van der Waals surface area contributed by atoms with Gasteiger partial charge in [-0.1, -0.05) is 37.1 Å². The van der Waals surface area contributed by atoms with Crippen molar-refractivity contribution in [3.8, 4) is 5.69 Å². The lowest BCUT2D eigenvalue weighted by Crippen LogP contribution is -2.44. The van der Waals surface area contributed by atoms with E-state index in [9.17, 15) is 9.59 Å². The molecule has 8 heteroatoms. The molecule has 0 aliphatic heterocycles. The van der Waals surface area contributed by atoms with E-state index in [1.165, 1.54) is 0 Å². The standard InChI is InChI=1S/C21H28ClN5O2/c1-4-18-25-19(26-27(18)17-11-6-5-10-16(17)22)21(29)24-15-9-7-8-14(12-15)20(28)23-13(2)3/h5-6,10-11,13-15H,4,7-9,12H2,1-3H3,(H,23,28)(H,24,29). The number of nitrogens with one attached hydrogen (secondary N) is 2. The van der Waals surface area contributed by atoms with Gasteiger partial charge in [-0.15, -0.1) is 5.10 Å². The molecule has 1 fully saturated rings. The number of benzene rings is 1. The van der Waals surface area contributed by atoms with Crippen molar-refractivity contribution in [1.82, 2.24) is 25.4 Å². The zero-order chi connectivity index (χ0) is 21.0. The summed E-state index contributed by atoms with van der Waals surface area (Å²) < 4.78 is 1.62. The second kappa shape index (κ2) is 9.39. The second-order valence-corrected chi connectivity index (χ2v) is 8.17. The zero-order valence-corrected chi connectivity index (χ0v) is 17.9. The summed E-state index contributed by atoms with van der Waals surface area (Å²) in [4.78, 5) is 29.5. The minimum Gasteiger partial charge on any atom is -0.354 e. The quantitative estimate of drug-likeness (QED) is 0.754. The lowest BCUT2D eigenvalue weighted by atomic mass is 9.85. The van der Waals surface area contributed by atoms with Gasteiger partial charge in [0.2, 0.25) is 11.7 Å². The molecule has 0 saturated heterocycles. The van der Waals surface area contributed by atoms with E-state index < -0.39 is 0 Å². The van der Waals surface area contributed by atoms with Gasteiger partial charge in [-0.2, -0.15) is 0 Å². The van der Waals surface area contributed by atoms with E-state index in [0.29, 0.717) is 29.4 Å². The maximum atomic E-state index is 12.8. The van der Waals surface area contributed by atoms with Crippen LogP contribution in [0, 0.1) is 5.92 Å². The predicted octanol–water partition coefficient (Wildman–Crippen LogP) is 3.30. The van der Waals surface area contributed by atoms with E-state index in [1.54, 1.807) is 10.7 Å². The fourth-order valence-corrected chi connectivity index (χ4v) is 3.91. The first-order valence-electron chi connectivity index (χ1n) is 10.2. The van der Waals surface area contributed by atoms with E-state index in [0.717, 1.165) is 19.3 Å². The van der Waals surface area contributed by atoms with Crippen LogP contribution in [0.15, 0.2) is 24.3 Å². The average Bonchev–Trinajstić information content (AvgIpc) is 3.12. The number of carbonyl (C=O) groups excluding carboxylic acids is 2. The van der Waals surface area contributed by atoms with Gasteiger partial charge in [0.25, 0.3) is 5.91 Å². The van der Waals surface area contributed by atoms with Gasteiger partial charge >= 0.3 is 0 Å². The maximum Gasteiger partial charge on any atom is 0.291 e. The van der Waals surface area contributed by atoms with Crippen LogP contribution in [0.5, 0.6) is 0 Å². The van der Waals surface area contributed by atoms with Gasteiger partial charge < -0.3 is 10.6 Å². The summed E-state index contributed by atoms with van der Waals surface area (Å²) in [5.74, 6) is 0.460. The van der Waals surface area contributed by atoms with Gasteiger partial charge in [0.05, 0.1) is 10.7 Å². The van der Waals surface area contributed by atoms with Crippen LogP contribution in [0.2, 0.25) is 5.02 Å². The Hall–Kier alpha value is -2.41. The van der Waals surface area contributed by atoms with Crippen LogP contribution >= 0.6 is 11.6 Å². The molecular formula is C21H28ClN5O2. The number of amides is 2. The minimum atomic E-state index is -0.319. The van der Waals surface area contributed by atoms with Crippen molar-refractivity contribution in [1.29, 1.82) is 0 Å². The Labute approximate surface area is 176 Å². The summed E-state index contributed by atoms with van der Waals surface area (Å²) in [6.07, 6.45) is 3.86. The SMILES string of the molecule is CCc1nc(C(=O)NC2CCCC(C(=O)NC(C)C)C2)nn1-c1ccccc1Cl. The smallest absolute Gasteiger partial charge is 0.291 e. The van der Waals surface area contributed by atoms with Gasteiger partial charge in [-0.25, -0.2) is 9.67 Å². The molecule has 2 amide bonds. The first-order valence-corrected chi connectivity index (χ1v) is 10.6. The van der Waals surface area contributed by atoms with Gasteiger partial charge in [0.1, 0.15) is 5.82 Å². The molecule has 29 heavy (non-hydrogen) atoms. The van der Waals surface area contributed by atoms with Crippen LogP contribution in [0.4, 0.5) is 0 Å². The first kappa shape index (κ1) is 21.3. The molecule has 2 unspecified atom stereocenters. The van der Waals surface area contributed by atoms with Crippen molar-refractivity contribution >= 4 is 23.4 Å².